The molecule has 0 bridgehead atoms. The van der Waals surface area contributed by atoms with Crippen LogP contribution in [0.3, 0.4) is 0 Å². The quantitative estimate of drug-likeness (QED) is 0.568. The molecule has 0 atom stereocenters. The first kappa shape index (κ1) is 14.6. The first-order valence-electron chi connectivity index (χ1n) is 8.14. The van der Waals surface area contributed by atoms with E-state index >= 15 is 0 Å². The van der Waals surface area contributed by atoms with Gasteiger partial charge in [-0.1, -0.05) is 0 Å². The monoisotopic (exact) mass is 349 g/mol. The van der Waals surface area contributed by atoms with Crippen LogP contribution in [0.4, 0.5) is 0 Å². The third-order valence-corrected chi connectivity index (χ3v) is 5.16. The maximum atomic E-state index is 4.61. The molecule has 1 aliphatic rings. The zero-order valence-corrected chi connectivity index (χ0v) is 14.4. The van der Waals surface area contributed by atoms with Crippen LogP contribution in [0.5, 0.6) is 0 Å². The van der Waals surface area contributed by atoms with Crippen LogP contribution in [0.15, 0.2) is 47.0 Å². The zero-order chi connectivity index (χ0) is 16.8. The van der Waals surface area contributed by atoms with Crippen molar-refractivity contribution in [2.24, 2.45) is 0 Å². The Balaban J connectivity index is 1.60. The van der Waals surface area contributed by atoms with Gasteiger partial charge in [0.2, 0.25) is 0 Å². The van der Waals surface area contributed by atoms with Crippen LogP contribution in [0, 0.1) is 6.92 Å². The van der Waals surface area contributed by atoms with Gasteiger partial charge in [0.05, 0.1) is 5.39 Å². The van der Waals surface area contributed by atoms with E-state index < -0.39 is 0 Å². The molecule has 0 aliphatic heterocycles. The maximum Gasteiger partial charge on any atom is 0.198 e. The van der Waals surface area contributed by atoms with Crippen molar-refractivity contribution >= 4 is 22.8 Å². The molecule has 5 rings (SSSR count). The largest absolute Gasteiger partial charge is 0.346 e. The second kappa shape index (κ2) is 5.66. The van der Waals surface area contributed by atoms with Crippen LogP contribution in [-0.2, 0) is 0 Å². The van der Waals surface area contributed by atoms with Gasteiger partial charge in [-0.15, -0.1) is 10.2 Å². The first-order chi connectivity index (χ1) is 12.3. The normalized spacial score (nSPS) is 14.3. The first-order valence-corrected chi connectivity index (χ1v) is 8.96. The average molecular weight is 349 g/mol. The topological polar surface area (TPSA) is 85.2 Å². The van der Waals surface area contributed by atoms with Gasteiger partial charge in [0.25, 0.3) is 0 Å². The number of aromatic nitrogens is 7. The molecular weight excluding hydrogens is 334 g/mol. The number of fused-ring (bicyclic) bond motifs is 1. The van der Waals surface area contributed by atoms with Crippen molar-refractivity contribution in [3.05, 3.63) is 42.6 Å². The lowest BCUT2D eigenvalue weighted by Crippen LogP contribution is -2.00. The third kappa shape index (κ3) is 2.58. The Morgan fingerprint density at radius 1 is 1.12 bits per heavy atom. The number of aromatic amines is 1. The van der Waals surface area contributed by atoms with Gasteiger partial charge in [0.15, 0.2) is 11.0 Å². The summed E-state index contributed by atoms with van der Waals surface area (Å²) in [5, 5.41) is 11.7. The van der Waals surface area contributed by atoms with Crippen molar-refractivity contribution in [3.63, 3.8) is 0 Å². The maximum absolute atomic E-state index is 4.61. The Bertz CT molecular complexity index is 1050. The third-order valence-electron chi connectivity index (χ3n) is 4.20. The van der Waals surface area contributed by atoms with Crippen molar-refractivity contribution in [1.82, 2.24) is 34.7 Å². The number of hydrogen-bond acceptors (Lipinski definition) is 6. The van der Waals surface area contributed by atoms with Gasteiger partial charge in [-0.25, -0.2) is 9.97 Å². The molecule has 0 amide bonds. The molecule has 25 heavy (non-hydrogen) atoms. The molecule has 124 valence electrons. The van der Waals surface area contributed by atoms with Crippen LogP contribution in [-0.4, -0.2) is 34.7 Å². The highest BCUT2D eigenvalue weighted by molar-refractivity contribution is 7.99. The molecule has 0 unspecified atom stereocenters. The van der Waals surface area contributed by atoms with E-state index in [1.807, 2.05) is 31.3 Å². The fraction of sp³-hybridized carbons (Fsp3) is 0.235. The molecular formula is C17H15N7S. The number of H-pyrrole nitrogens is 1. The van der Waals surface area contributed by atoms with E-state index in [2.05, 4.69) is 34.7 Å². The van der Waals surface area contributed by atoms with E-state index in [4.69, 9.17) is 0 Å². The van der Waals surface area contributed by atoms with Crippen molar-refractivity contribution in [1.29, 1.82) is 0 Å². The Kier molecular flexibility index (Phi) is 3.30. The summed E-state index contributed by atoms with van der Waals surface area (Å²) in [6, 6.07) is 6.40. The fourth-order valence-electron chi connectivity index (χ4n) is 2.89. The fourth-order valence-corrected chi connectivity index (χ4v) is 3.93. The molecule has 1 aliphatic carbocycles. The highest BCUT2D eigenvalue weighted by atomic mass is 32.2. The molecule has 4 heterocycles. The van der Waals surface area contributed by atoms with Crippen LogP contribution in [0.1, 0.15) is 24.7 Å². The van der Waals surface area contributed by atoms with Gasteiger partial charge in [-0.2, -0.15) is 0 Å². The van der Waals surface area contributed by atoms with Crippen molar-refractivity contribution in [2.45, 2.75) is 36.0 Å². The zero-order valence-electron chi connectivity index (χ0n) is 13.5. The number of hydrogen-bond donors (Lipinski definition) is 1. The number of pyridine rings is 1. The smallest absolute Gasteiger partial charge is 0.198 e. The van der Waals surface area contributed by atoms with Gasteiger partial charge >= 0.3 is 0 Å². The molecule has 4 aromatic rings. The van der Waals surface area contributed by atoms with E-state index in [1.54, 1.807) is 24.2 Å². The molecule has 1 N–H and O–H groups in total. The molecule has 1 fully saturated rings. The minimum absolute atomic E-state index is 0.463. The summed E-state index contributed by atoms with van der Waals surface area (Å²) in [4.78, 5) is 16.3. The molecule has 0 saturated heterocycles. The Hall–Kier alpha value is -2.74. The Morgan fingerprint density at radius 2 is 1.96 bits per heavy atom. The van der Waals surface area contributed by atoms with E-state index in [9.17, 15) is 0 Å². The second-order valence-corrected chi connectivity index (χ2v) is 7.02. The highest BCUT2D eigenvalue weighted by Gasteiger charge is 2.30. The minimum Gasteiger partial charge on any atom is -0.346 e. The summed E-state index contributed by atoms with van der Waals surface area (Å²) in [6.45, 7) is 1.90. The van der Waals surface area contributed by atoms with Crippen LogP contribution in [0.25, 0.3) is 22.4 Å². The summed E-state index contributed by atoms with van der Waals surface area (Å²) in [5.41, 5.74) is 1.88. The second-order valence-electron chi connectivity index (χ2n) is 6.06. The van der Waals surface area contributed by atoms with E-state index in [0.717, 1.165) is 51.3 Å². The van der Waals surface area contributed by atoms with Crippen LogP contribution >= 0.6 is 11.8 Å². The molecule has 0 radical (unpaired) electrons. The summed E-state index contributed by atoms with van der Waals surface area (Å²) >= 11 is 1.55. The predicted molar refractivity (Wildman–Crippen MR) is 94.3 cm³/mol. The summed E-state index contributed by atoms with van der Waals surface area (Å²) in [6.07, 6.45) is 7.77. The number of nitrogens with one attached hydrogen (secondary N) is 1. The van der Waals surface area contributed by atoms with E-state index in [1.165, 1.54) is 0 Å². The SMILES string of the molecule is Cc1nc(Sc2nnc(-c3ccncc3)n2C2CC2)c2cc[nH]c2n1. The Morgan fingerprint density at radius 3 is 2.76 bits per heavy atom. The lowest BCUT2D eigenvalue weighted by molar-refractivity contribution is 0.669. The van der Waals surface area contributed by atoms with E-state index in [0.29, 0.717) is 6.04 Å². The summed E-state index contributed by atoms with van der Waals surface area (Å²) in [5.74, 6) is 1.63. The van der Waals surface area contributed by atoms with Gasteiger partial charge in [0.1, 0.15) is 16.5 Å². The minimum atomic E-state index is 0.463. The number of aryl methyl sites for hydroxylation is 1. The van der Waals surface area contributed by atoms with E-state index in [-0.39, 0.29) is 0 Å². The molecule has 0 spiro atoms. The molecule has 0 aromatic carbocycles. The Labute approximate surface area is 147 Å². The average Bonchev–Trinajstić information content (AvgIpc) is 3.20. The van der Waals surface area contributed by atoms with Gasteiger partial charge in [0, 0.05) is 30.2 Å². The van der Waals surface area contributed by atoms with Gasteiger partial charge in [-0.3, -0.25) is 9.55 Å². The standard InChI is InChI=1S/C17H15N7S/c1-10-20-14-13(6-9-19-14)16(21-10)25-17-23-22-15(24(17)12-2-3-12)11-4-7-18-8-5-11/h4-9,12H,2-3H2,1H3,(H,19,20,21). The number of rotatable bonds is 4. The highest BCUT2D eigenvalue weighted by Crippen LogP contribution is 2.42. The van der Waals surface area contributed by atoms with Gasteiger partial charge < -0.3 is 4.98 Å². The summed E-state index contributed by atoms with van der Waals surface area (Å²) in [7, 11) is 0. The summed E-state index contributed by atoms with van der Waals surface area (Å²) < 4.78 is 2.23. The van der Waals surface area contributed by atoms with Crippen molar-refractivity contribution < 1.29 is 0 Å². The van der Waals surface area contributed by atoms with Gasteiger partial charge in [-0.05, 0) is 49.7 Å². The van der Waals surface area contributed by atoms with Crippen molar-refractivity contribution in [3.8, 4) is 11.4 Å². The lowest BCUT2D eigenvalue weighted by Gasteiger charge is -2.09. The molecule has 7 nitrogen and oxygen atoms in total. The molecule has 8 heteroatoms. The van der Waals surface area contributed by atoms with Crippen LogP contribution < -0.4 is 0 Å². The van der Waals surface area contributed by atoms with Crippen LogP contribution in [0.2, 0.25) is 0 Å². The molecule has 1 saturated carbocycles. The number of nitrogens with zero attached hydrogens (tertiary/aromatic N) is 6. The van der Waals surface area contributed by atoms with Crippen molar-refractivity contribution in [2.75, 3.05) is 0 Å². The lowest BCUT2D eigenvalue weighted by atomic mass is 10.2. The predicted octanol–water partition coefficient (Wildman–Crippen LogP) is 3.41. The molecule has 4 aromatic heterocycles.